The number of benzene rings is 2. The highest BCUT2D eigenvalue weighted by atomic mass is 19.1. The summed E-state index contributed by atoms with van der Waals surface area (Å²) in [5.74, 6) is -0.206. The average Bonchev–Trinajstić information content (AvgIpc) is 2.41. The summed E-state index contributed by atoms with van der Waals surface area (Å²) in [7, 11) is 0. The van der Waals surface area contributed by atoms with Crippen molar-refractivity contribution >= 4 is 17.8 Å². The maximum atomic E-state index is 12.9. The Morgan fingerprint density at radius 2 is 1.90 bits per heavy atom. The second-order valence-electron chi connectivity index (χ2n) is 4.03. The predicted octanol–water partition coefficient (Wildman–Crippen LogP) is 3.32. The fourth-order valence-electron chi connectivity index (χ4n) is 1.54. The molecule has 0 atom stereocenters. The molecule has 2 amide bonds. The fraction of sp³-hybridized carbons (Fsp3) is 0. The summed E-state index contributed by atoms with van der Waals surface area (Å²) in [5.41, 5.74) is 1.20. The van der Waals surface area contributed by atoms with E-state index in [0.29, 0.717) is 11.3 Å². The summed E-state index contributed by atoms with van der Waals surface area (Å²) in [5, 5.41) is 14.2. The zero-order valence-corrected chi connectivity index (χ0v) is 10.5. The van der Waals surface area contributed by atoms with Crippen molar-refractivity contribution in [3.63, 3.8) is 0 Å². The molecule has 0 heterocycles. The standard InChI is InChI=1S/C15H13FN2O2/c16-12-3-1-2-11(10-12)8-9-17-15(20)18-13-4-6-14(19)7-5-13/h1-10,19H,(H2,17,18,20)/b9-8+. The molecule has 102 valence electrons. The SMILES string of the molecule is O=C(N/C=C/c1cccc(F)c1)Nc1ccc(O)cc1. The van der Waals surface area contributed by atoms with Crippen LogP contribution in [0.5, 0.6) is 5.75 Å². The second kappa shape index (κ2) is 6.38. The first-order valence-electron chi connectivity index (χ1n) is 5.92. The van der Waals surface area contributed by atoms with Crippen molar-refractivity contribution < 1.29 is 14.3 Å². The maximum Gasteiger partial charge on any atom is 0.323 e. The number of rotatable bonds is 3. The van der Waals surface area contributed by atoms with Crippen molar-refractivity contribution in [3.05, 3.63) is 66.1 Å². The minimum Gasteiger partial charge on any atom is -0.508 e. The summed E-state index contributed by atoms with van der Waals surface area (Å²) in [4.78, 5) is 11.5. The minimum atomic E-state index is -0.427. The number of halogens is 1. The van der Waals surface area contributed by atoms with E-state index in [1.165, 1.54) is 30.5 Å². The second-order valence-corrected chi connectivity index (χ2v) is 4.03. The predicted molar refractivity (Wildman–Crippen MR) is 75.7 cm³/mol. The number of amides is 2. The van der Waals surface area contributed by atoms with Gasteiger partial charge in [0.05, 0.1) is 0 Å². The van der Waals surface area contributed by atoms with Gasteiger partial charge >= 0.3 is 6.03 Å². The molecule has 2 aromatic rings. The van der Waals surface area contributed by atoms with Crippen molar-refractivity contribution in [1.29, 1.82) is 0 Å². The van der Waals surface area contributed by atoms with Crippen LogP contribution >= 0.6 is 0 Å². The Bertz CT molecular complexity index is 624. The van der Waals surface area contributed by atoms with Gasteiger partial charge in [0.15, 0.2) is 0 Å². The lowest BCUT2D eigenvalue weighted by Gasteiger charge is -2.04. The Kier molecular flexibility index (Phi) is 4.34. The normalized spacial score (nSPS) is 10.4. The van der Waals surface area contributed by atoms with Crippen molar-refractivity contribution in [2.45, 2.75) is 0 Å². The van der Waals surface area contributed by atoms with Gasteiger partial charge in [-0.1, -0.05) is 12.1 Å². The van der Waals surface area contributed by atoms with Crippen LogP contribution in [-0.4, -0.2) is 11.1 Å². The van der Waals surface area contributed by atoms with Crippen LogP contribution in [0.15, 0.2) is 54.7 Å². The van der Waals surface area contributed by atoms with Crippen molar-refractivity contribution in [1.82, 2.24) is 5.32 Å². The van der Waals surface area contributed by atoms with E-state index in [4.69, 9.17) is 5.11 Å². The van der Waals surface area contributed by atoms with Gasteiger partial charge in [0.2, 0.25) is 0 Å². The molecule has 2 rings (SSSR count). The molecule has 0 spiro atoms. The number of carbonyl (C=O) groups is 1. The maximum absolute atomic E-state index is 12.9. The van der Waals surface area contributed by atoms with E-state index < -0.39 is 6.03 Å². The van der Waals surface area contributed by atoms with Crippen LogP contribution in [0.3, 0.4) is 0 Å². The first-order valence-corrected chi connectivity index (χ1v) is 5.92. The van der Waals surface area contributed by atoms with E-state index in [1.54, 1.807) is 30.3 Å². The Labute approximate surface area is 115 Å². The lowest BCUT2D eigenvalue weighted by molar-refractivity contribution is 0.255. The van der Waals surface area contributed by atoms with E-state index in [-0.39, 0.29) is 11.6 Å². The fourth-order valence-corrected chi connectivity index (χ4v) is 1.54. The summed E-state index contributed by atoms with van der Waals surface area (Å²) in [6.45, 7) is 0. The van der Waals surface area contributed by atoms with Crippen LogP contribution in [-0.2, 0) is 0 Å². The first-order chi connectivity index (χ1) is 9.63. The minimum absolute atomic E-state index is 0.127. The van der Waals surface area contributed by atoms with Gasteiger partial charge in [0, 0.05) is 11.9 Å². The van der Waals surface area contributed by atoms with E-state index in [0.717, 1.165) is 0 Å². The van der Waals surface area contributed by atoms with E-state index in [1.807, 2.05) is 0 Å². The number of nitrogens with one attached hydrogen (secondary N) is 2. The lowest BCUT2D eigenvalue weighted by atomic mass is 10.2. The molecular weight excluding hydrogens is 259 g/mol. The number of urea groups is 1. The molecule has 0 unspecified atom stereocenters. The zero-order valence-electron chi connectivity index (χ0n) is 10.5. The highest BCUT2D eigenvalue weighted by molar-refractivity contribution is 5.90. The lowest BCUT2D eigenvalue weighted by Crippen LogP contribution is -2.23. The number of aromatic hydroxyl groups is 1. The molecule has 0 fully saturated rings. The van der Waals surface area contributed by atoms with Gasteiger partial charge in [0.1, 0.15) is 11.6 Å². The molecule has 0 aliphatic heterocycles. The molecule has 20 heavy (non-hydrogen) atoms. The number of hydrogen-bond acceptors (Lipinski definition) is 2. The Hall–Kier alpha value is -2.82. The number of phenolic OH excluding ortho intramolecular Hbond substituents is 1. The topological polar surface area (TPSA) is 61.4 Å². The number of phenols is 1. The Morgan fingerprint density at radius 1 is 1.15 bits per heavy atom. The molecule has 0 radical (unpaired) electrons. The molecule has 2 aromatic carbocycles. The summed E-state index contributed by atoms with van der Waals surface area (Å²) in [6.07, 6.45) is 3.00. The third kappa shape index (κ3) is 4.13. The number of carbonyl (C=O) groups excluding carboxylic acids is 1. The van der Waals surface area contributed by atoms with E-state index >= 15 is 0 Å². The monoisotopic (exact) mass is 272 g/mol. The zero-order chi connectivity index (χ0) is 14.4. The molecule has 0 saturated carbocycles. The summed E-state index contributed by atoms with van der Waals surface area (Å²) in [6, 6.07) is 11.7. The van der Waals surface area contributed by atoms with Crippen molar-refractivity contribution in [3.8, 4) is 5.75 Å². The van der Waals surface area contributed by atoms with E-state index in [9.17, 15) is 9.18 Å². The van der Waals surface area contributed by atoms with Gasteiger partial charge in [0.25, 0.3) is 0 Å². The van der Waals surface area contributed by atoms with Crippen molar-refractivity contribution in [2.24, 2.45) is 0 Å². The van der Waals surface area contributed by atoms with Crippen LogP contribution < -0.4 is 10.6 Å². The molecule has 3 N–H and O–H groups in total. The van der Waals surface area contributed by atoms with Crippen LogP contribution in [0.1, 0.15) is 5.56 Å². The average molecular weight is 272 g/mol. The largest absolute Gasteiger partial charge is 0.508 e. The smallest absolute Gasteiger partial charge is 0.323 e. The molecule has 0 aliphatic carbocycles. The van der Waals surface area contributed by atoms with Gasteiger partial charge in [-0.15, -0.1) is 0 Å². The molecule has 0 aliphatic rings. The number of hydrogen-bond donors (Lipinski definition) is 3. The van der Waals surface area contributed by atoms with Gasteiger partial charge in [-0.05, 0) is 48.0 Å². The highest BCUT2D eigenvalue weighted by Crippen LogP contribution is 2.13. The first kappa shape index (κ1) is 13.6. The Balaban J connectivity index is 1.87. The van der Waals surface area contributed by atoms with Crippen LogP contribution in [0, 0.1) is 5.82 Å². The molecule has 0 bridgehead atoms. The Morgan fingerprint density at radius 3 is 2.60 bits per heavy atom. The van der Waals surface area contributed by atoms with E-state index in [2.05, 4.69) is 10.6 Å². The summed E-state index contributed by atoms with van der Waals surface area (Å²) < 4.78 is 12.9. The van der Waals surface area contributed by atoms with Crippen LogP contribution in [0.25, 0.3) is 6.08 Å². The number of anilines is 1. The van der Waals surface area contributed by atoms with Gasteiger partial charge in [-0.2, -0.15) is 0 Å². The molecular formula is C15H13FN2O2. The van der Waals surface area contributed by atoms with Gasteiger partial charge in [-0.25, -0.2) is 9.18 Å². The molecule has 4 nitrogen and oxygen atoms in total. The molecule has 0 aromatic heterocycles. The third-order valence-electron chi connectivity index (χ3n) is 2.46. The van der Waals surface area contributed by atoms with Crippen LogP contribution in [0.2, 0.25) is 0 Å². The van der Waals surface area contributed by atoms with Crippen LogP contribution in [0.4, 0.5) is 14.9 Å². The quantitative estimate of drug-likeness (QED) is 0.750. The molecule has 0 saturated heterocycles. The third-order valence-corrected chi connectivity index (χ3v) is 2.46. The van der Waals surface area contributed by atoms with Gasteiger partial charge < -0.3 is 15.7 Å². The highest BCUT2D eigenvalue weighted by Gasteiger charge is 1.98. The molecule has 5 heteroatoms. The van der Waals surface area contributed by atoms with Gasteiger partial charge in [-0.3, -0.25) is 0 Å². The van der Waals surface area contributed by atoms with Crippen molar-refractivity contribution in [2.75, 3.05) is 5.32 Å². The summed E-state index contributed by atoms with van der Waals surface area (Å²) >= 11 is 0.